The maximum absolute atomic E-state index is 14.9. The van der Waals surface area contributed by atoms with Crippen molar-refractivity contribution in [2.75, 3.05) is 39.4 Å². The minimum absolute atomic E-state index is 0.0649. The maximum atomic E-state index is 14.9. The van der Waals surface area contributed by atoms with Gasteiger partial charge in [0.15, 0.2) is 0 Å². The predicted octanol–water partition coefficient (Wildman–Crippen LogP) is 3.61. The molecule has 0 aromatic heterocycles. The van der Waals surface area contributed by atoms with Crippen LogP contribution in [0.15, 0.2) is 0 Å². The lowest BCUT2D eigenvalue weighted by Crippen LogP contribution is -2.62. The number of primary amides is 1. The second-order valence-electron chi connectivity index (χ2n) is 18.5. The molecule has 12 heteroatoms. The molecule has 2 saturated heterocycles. The number of hydrogen-bond acceptors (Lipinski definition) is 7. The van der Waals surface area contributed by atoms with Crippen molar-refractivity contribution < 1.29 is 28.7 Å². The first kappa shape index (κ1) is 40.0. The quantitative estimate of drug-likeness (QED) is 0.213. The smallest absolute Gasteiger partial charge is 0.315 e. The molecule has 2 heterocycles. The minimum Gasteiger partial charge on any atom is -0.379 e. The molecule has 1 unspecified atom stereocenters. The number of ketones is 1. The summed E-state index contributed by atoms with van der Waals surface area (Å²) in [4.78, 5) is 72.0. The van der Waals surface area contributed by atoms with Crippen molar-refractivity contribution in [1.82, 2.24) is 25.8 Å². The zero-order valence-corrected chi connectivity index (χ0v) is 32.3. The Labute approximate surface area is 300 Å². The van der Waals surface area contributed by atoms with E-state index in [-0.39, 0.29) is 40.0 Å². The number of carbonyl (C=O) groups is 5. The fourth-order valence-corrected chi connectivity index (χ4v) is 8.61. The standard InChI is InChI=1S/C38H66N6O6/c1-24(2)38(37(9)14-11-15-37)21-27(32(47)40-26(29(45)31(39)46)20-25-12-10-13-25)44(23-38)33(48)30(36(6,7)8)42-34(49)41-28(35(3,4)5)22-43-16-18-50-19-17-43/h24-28,30H,10-23H2,1-9H3,(H2,39,46)(H,40,47)(H2,41,42,49)/t26?,27-,28-,30+,38+/m0/s1. The van der Waals surface area contributed by atoms with Crippen molar-refractivity contribution in [3.05, 3.63) is 0 Å². The second-order valence-corrected chi connectivity index (χ2v) is 18.5. The Balaban J connectivity index is 1.62. The van der Waals surface area contributed by atoms with E-state index in [1.54, 1.807) is 4.90 Å². The SMILES string of the molecule is CC(C)[C@@]1(C2(C)CCC2)C[C@@H](C(=O)NC(CC2CCC2)C(=O)C(N)=O)N(C(=O)[C@@H](NC(=O)N[C@@H](CN2CCOCC2)C(C)(C)C)C(C)(C)C)C1. The van der Waals surface area contributed by atoms with E-state index < -0.39 is 47.2 Å². The zero-order valence-electron chi connectivity index (χ0n) is 32.3. The van der Waals surface area contributed by atoms with Gasteiger partial charge >= 0.3 is 6.03 Å². The van der Waals surface area contributed by atoms with Crippen LogP contribution in [0.3, 0.4) is 0 Å². The molecule has 2 aliphatic carbocycles. The molecule has 5 atom stereocenters. The lowest BCUT2D eigenvalue weighted by Gasteiger charge is -2.55. The highest BCUT2D eigenvalue weighted by molar-refractivity contribution is 6.37. The molecule has 0 aromatic rings. The van der Waals surface area contributed by atoms with Crippen LogP contribution in [-0.4, -0.2) is 103 Å². The van der Waals surface area contributed by atoms with Crippen molar-refractivity contribution >= 4 is 29.5 Å². The zero-order chi connectivity index (χ0) is 37.2. The maximum Gasteiger partial charge on any atom is 0.315 e. The summed E-state index contributed by atoms with van der Waals surface area (Å²) < 4.78 is 5.52. The Hall–Kier alpha value is -2.73. The van der Waals surface area contributed by atoms with Gasteiger partial charge in [0.25, 0.3) is 5.91 Å². The van der Waals surface area contributed by atoms with Crippen LogP contribution < -0.4 is 21.7 Å². The molecule has 0 bridgehead atoms. The van der Waals surface area contributed by atoms with Gasteiger partial charge in [-0.3, -0.25) is 24.1 Å². The minimum atomic E-state index is -1.07. The molecule has 0 spiro atoms. The lowest BCUT2D eigenvalue weighted by molar-refractivity contribution is -0.144. The van der Waals surface area contributed by atoms with Crippen LogP contribution >= 0.6 is 0 Å². The van der Waals surface area contributed by atoms with Gasteiger partial charge in [-0.05, 0) is 59.2 Å². The summed E-state index contributed by atoms with van der Waals surface area (Å²) in [6.07, 6.45) is 6.82. The number of nitrogens with one attached hydrogen (secondary N) is 3. The molecule has 0 aromatic carbocycles. The van der Waals surface area contributed by atoms with E-state index in [0.717, 1.165) is 51.6 Å². The highest BCUT2D eigenvalue weighted by Gasteiger charge is 2.61. The molecule has 5 amide bonds. The second kappa shape index (κ2) is 15.5. The van der Waals surface area contributed by atoms with Crippen molar-refractivity contribution in [3.8, 4) is 0 Å². The fraction of sp³-hybridized carbons (Fsp3) is 0.868. The molecule has 284 valence electrons. The van der Waals surface area contributed by atoms with Crippen LogP contribution in [0.5, 0.6) is 0 Å². The van der Waals surface area contributed by atoms with Crippen LogP contribution in [0, 0.1) is 33.5 Å². The topological polar surface area (TPSA) is 163 Å². The van der Waals surface area contributed by atoms with Crippen LogP contribution in [0.25, 0.3) is 0 Å². The highest BCUT2D eigenvalue weighted by Crippen LogP contribution is 2.62. The number of rotatable bonds is 13. The lowest BCUT2D eigenvalue weighted by atomic mass is 9.49. The number of likely N-dealkylation sites (tertiary alicyclic amines) is 1. The third-order valence-corrected chi connectivity index (χ3v) is 12.7. The number of urea groups is 1. The monoisotopic (exact) mass is 703 g/mol. The Morgan fingerprint density at radius 1 is 0.900 bits per heavy atom. The fourth-order valence-electron chi connectivity index (χ4n) is 8.61. The first-order valence-electron chi connectivity index (χ1n) is 19.0. The van der Waals surface area contributed by atoms with Crippen molar-refractivity contribution in [1.29, 1.82) is 0 Å². The predicted molar refractivity (Wildman–Crippen MR) is 193 cm³/mol. The summed E-state index contributed by atoms with van der Waals surface area (Å²) >= 11 is 0. The van der Waals surface area contributed by atoms with Crippen LogP contribution in [-0.2, 0) is 23.9 Å². The summed E-state index contributed by atoms with van der Waals surface area (Å²) in [5.74, 6) is -2.25. The number of carbonyl (C=O) groups excluding carboxylic acids is 5. The molecular weight excluding hydrogens is 636 g/mol. The number of hydrogen-bond donors (Lipinski definition) is 4. The molecule has 4 rings (SSSR count). The van der Waals surface area contributed by atoms with E-state index in [4.69, 9.17) is 10.5 Å². The molecule has 2 aliphatic heterocycles. The number of Topliss-reactive ketones (excluding diaryl/α,β-unsaturated/α-hetero) is 1. The first-order chi connectivity index (χ1) is 23.2. The molecular formula is C38H66N6O6. The van der Waals surface area contributed by atoms with E-state index in [9.17, 15) is 24.0 Å². The van der Waals surface area contributed by atoms with E-state index in [1.165, 1.54) is 0 Å². The van der Waals surface area contributed by atoms with Crippen LogP contribution in [0.4, 0.5) is 4.79 Å². The normalized spacial score (nSPS) is 26.3. The van der Waals surface area contributed by atoms with Gasteiger partial charge in [-0.15, -0.1) is 0 Å². The Kier molecular flexibility index (Phi) is 12.4. The first-order valence-corrected chi connectivity index (χ1v) is 19.0. The summed E-state index contributed by atoms with van der Waals surface area (Å²) in [7, 11) is 0. The van der Waals surface area contributed by atoms with Gasteiger partial charge in [-0.2, -0.15) is 0 Å². The number of amides is 5. The number of ether oxygens (including phenoxy) is 1. The Bertz CT molecular complexity index is 1260. The van der Waals surface area contributed by atoms with Gasteiger partial charge in [0.1, 0.15) is 12.1 Å². The number of nitrogens with two attached hydrogens (primary N) is 1. The number of morpholine rings is 1. The molecule has 4 fully saturated rings. The third kappa shape index (κ3) is 8.82. The van der Waals surface area contributed by atoms with Crippen molar-refractivity contribution in [2.24, 2.45) is 39.2 Å². The third-order valence-electron chi connectivity index (χ3n) is 12.7. The Morgan fingerprint density at radius 2 is 1.52 bits per heavy atom. The summed E-state index contributed by atoms with van der Waals surface area (Å²) in [6.45, 7) is 22.5. The van der Waals surface area contributed by atoms with Gasteiger partial charge in [0.2, 0.25) is 17.6 Å². The molecule has 2 saturated carbocycles. The van der Waals surface area contributed by atoms with Crippen LogP contribution in [0.2, 0.25) is 0 Å². The molecule has 12 nitrogen and oxygen atoms in total. The van der Waals surface area contributed by atoms with Crippen molar-refractivity contribution in [3.63, 3.8) is 0 Å². The number of nitrogens with zero attached hydrogens (tertiary/aromatic N) is 2. The largest absolute Gasteiger partial charge is 0.379 e. The van der Waals surface area contributed by atoms with Gasteiger partial charge in [0.05, 0.1) is 19.3 Å². The van der Waals surface area contributed by atoms with Gasteiger partial charge < -0.3 is 31.3 Å². The van der Waals surface area contributed by atoms with E-state index in [2.05, 4.69) is 62.4 Å². The van der Waals surface area contributed by atoms with E-state index in [0.29, 0.717) is 39.1 Å². The molecule has 50 heavy (non-hydrogen) atoms. The summed E-state index contributed by atoms with van der Waals surface area (Å²) in [5, 5.41) is 9.11. The summed E-state index contributed by atoms with van der Waals surface area (Å²) in [6, 6.07) is -3.45. The molecule has 0 radical (unpaired) electrons. The van der Waals surface area contributed by atoms with Gasteiger partial charge in [-0.1, -0.05) is 88.0 Å². The highest BCUT2D eigenvalue weighted by atomic mass is 16.5. The van der Waals surface area contributed by atoms with Gasteiger partial charge in [-0.25, -0.2) is 4.79 Å². The summed E-state index contributed by atoms with van der Waals surface area (Å²) in [5.41, 5.74) is 4.09. The van der Waals surface area contributed by atoms with Crippen LogP contribution in [0.1, 0.15) is 114 Å². The van der Waals surface area contributed by atoms with E-state index >= 15 is 0 Å². The Morgan fingerprint density at radius 3 is 1.98 bits per heavy atom. The van der Waals surface area contributed by atoms with Gasteiger partial charge in [0, 0.05) is 32.2 Å². The van der Waals surface area contributed by atoms with E-state index in [1.807, 2.05) is 20.8 Å². The average Bonchev–Trinajstić information content (AvgIpc) is 3.41. The van der Waals surface area contributed by atoms with Crippen molar-refractivity contribution in [2.45, 2.75) is 138 Å². The average molecular weight is 703 g/mol. The molecule has 4 aliphatic rings. The molecule has 5 N–H and O–H groups in total.